The van der Waals surface area contributed by atoms with Crippen LogP contribution in [-0.4, -0.2) is 35.7 Å². The van der Waals surface area contributed by atoms with Crippen LogP contribution in [0.1, 0.15) is 21.6 Å². The van der Waals surface area contributed by atoms with Gasteiger partial charge in [-0.05, 0) is 12.1 Å². The third-order valence-corrected chi connectivity index (χ3v) is 4.96. The van der Waals surface area contributed by atoms with Crippen molar-refractivity contribution >= 4 is 5.91 Å². The Morgan fingerprint density at radius 3 is 2.50 bits per heavy atom. The van der Waals surface area contributed by atoms with Gasteiger partial charge >= 0.3 is 0 Å². The fourth-order valence-corrected chi connectivity index (χ4v) is 3.40. The highest BCUT2D eigenvalue weighted by molar-refractivity contribution is 5.94. The Bertz CT molecular complexity index is 1290. The van der Waals surface area contributed by atoms with Gasteiger partial charge < -0.3 is 9.88 Å². The molecule has 146 valence electrons. The lowest BCUT2D eigenvalue weighted by Crippen LogP contribution is -2.31. The molecule has 30 heavy (non-hydrogen) atoms. The SMILES string of the molecule is O=C(c1cnc(-c2ccncc2)[nH]c1=O)N1Cc2cnc(-c3ccccc3)nc2C1. The normalized spacial score (nSPS) is 12.6. The summed E-state index contributed by atoms with van der Waals surface area (Å²) >= 11 is 0. The molecule has 1 aliphatic rings. The highest BCUT2D eigenvalue weighted by atomic mass is 16.2. The number of aromatic amines is 1. The molecule has 8 heteroatoms. The van der Waals surface area contributed by atoms with Gasteiger partial charge in [0, 0.05) is 48.0 Å². The molecule has 1 amide bonds. The molecule has 1 aromatic carbocycles. The van der Waals surface area contributed by atoms with Crippen LogP contribution in [0.3, 0.4) is 0 Å². The highest BCUT2D eigenvalue weighted by Crippen LogP contribution is 2.24. The number of aromatic nitrogens is 5. The molecule has 4 aromatic rings. The second-order valence-electron chi connectivity index (χ2n) is 6.90. The molecule has 0 saturated carbocycles. The molecule has 0 aliphatic carbocycles. The number of rotatable bonds is 3. The number of amides is 1. The summed E-state index contributed by atoms with van der Waals surface area (Å²) in [5.74, 6) is 0.621. The van der Waals surface area contributed by atoms with Gasteiger partial charge in [0.1, 0.15) is 11.4 Å². The quantitative estimate of drug-likeness (QED) is 0.570. The molecule has 0 atom stereocenters. The first-order valence-electron chi connectivity index (χ1n) is 9.38. The number of H-pyrrole nitrogens is 1. The number of pyridine rings is 1. The van der Waals surface area contributed by atoms with E-state index in [1.54, 1.807) is 35.6 Å². The topological polar surface area (TPSA) is 105 Å². The average Bonchev–Trinajstić information content (AvgIpc) is 3.23. The van der Waals surface area contributed by atoms with E-state index in [2.05, 4.69) is 24.9 Å². The molecule has 0 saturated heterocycles. The number of nitrogens with one attached hydrogen (secondary N) is 1. The summed E-state index contributed by atoms with van der Waals surface area (Å²) in [5.41, 5.74) is 2.82. The maximum atomic E-state index is 12.9. The summed E-state index contributed by atoms with van der Waals surface area (Å²) in [7, 11) is 0. The van der Waals surface area contributed by atoms with Gasteiger partial charge in [-0.2, -0.15) is 0 Å². The molecule has 0 unspecified atom stereocenters. The maximum absolute atomic E-state index is 12.9. The molecule has 3 aromatic heterocycles. The molecule has 0 spiro atoms. The van der Waals surface area contributed by atoms with Crippen molar-refractivity contribution in [2.24, 2.45) is 0 Å². The number of hydrogen-bond acceptors (Lipinski definition) is 6. The zero-order valence-corrected chi connectivity index (χ0v) is 15.8. The summed E-state index contributed by atoms with van der Waals surface area (Å²) in [6.07, 6.45) is 6.29. The minimum Gasteiger partial charge on any atom is -0.328 e. The Hall–Kier alpha value is -4.20. The van der Waals surface area contributed by atoms with Gasteiger partial charge in [-0.25, -0.2) is 15.0 Å². The van der Waals surface area contributed by atoms with Gasteiger partial charge in [-0.1, -0.05) is 30.3 Å². The van der Waals surface area contributed by atoms with Gasteiger partial charge in [-0.15, -0.1) is 0 Å². The molecule has 0 radical (unpaired) electrons. The lowest BCUT2D eigenvalue weighted by atomic mass is 10.2. The molecular formula is C22H16N6O2. The van der Waals surface area contributed by atoms with Gasteiger partial charge in [0.25, 0.3) is 11.5 Å². The van der Waals surface area contributed by atoms with Crippen molar-refractivity contribution in [1.29, 1.82) is 0 Å². The Morgan fingerprint density at radius 1 is 0.933 bits per heavy atom. The van der Waals surface area contributed by atoms with Gasteiger partial charge in [0.15, 0.2) is 5.82 Å². The summed E-state index contributed by atoms with van der Waals surface area (Å²) in [6, 6.07) is 13.1. The Balaban J connectivity index is 1.39. The van der Waals surface area contributed by atoms with Crippen molar-refractivity contribution in [2.75, 3.05) is 0 Å². The van der Waals surface area contributed by atoms with E-state index in [9.17, 15) is 9.59 Å². The molecule has 0 bridgehead atoms. The van der Waals surface area contributed by atoms with Crippen LogP contribution in [0, 0.1) is 0 Å². The number of carbonyl (C=O) groups excluding carboxylic acids is 1. The molecular weight excluding hydrogens is 380 g/mol. The van der Waals surface area contributed by atoms with E-state index >= 15 is 0 Å². The molecule has 1 aliphatic heterocycles. The summed E-state index contributed by atoms with van der Waals surface area (Å²) in [4.78, 5) is 47.0. The first-order chi connectivity index (χ1) is 14.7. The van der Waals surface area contributed by atoms with Crippen molar-refractivity contribution < 1.29 is 4.79 Å². The average molecular weight is 396 g/mol. The van der Waals surface area contributed by atoms with Crippen LogP contribution < -0.4 is 5.56 Å². The van der Waals surface area contributed by atoms with E-state index in [4.69, 9.17) is 0 Å². The minimum absolute atomic E-state index is 0.00291. The van der Waals surface area contributed by atoms with E-state index in [0.717, 1.165) is 22.4 Å². The first-order valence-corrected chi connectivity index (χ1v) is 9.38. The number of carbonyl (C=O) groups is 1. The van der Waals surface area contributed by atoms with Crippen molar-refractivity contribution in [3.63, 3.8) is 0 Å². The summed E-state index contributed by atoms with van der Waals surface area (Å²) < 4.78 is 0. The van der Waals surface area contributed by atoms with E-state index in [0.29, 0.717) is 24.7 Å². The second-order valence-corrected chi connectivity index (χ2v) is 6.90. The van der Waals surface area contributed by atoms with Crippen LogP contribution in [0.25, 0.3) is 22.8 Å². The molecule has 1 N–H and O–H groups in total. The van der Waals surface area contributed by atoms with Crippen LogP contribution in [-0.2, 0) is 13.1 Å². The number of hydrogen-bond donors (Lipinski definition) is 1. The first kappa shape index (κ1) is 17.9. The van der Waals surface area contributed by atoms with Crippen LogP contribution >= 0.6 is 0 Å². The molecule has 0 fully saturated rings. The molecule has 8 nitrogen and oxygen atoms in total. The largest absolute Gasteiger partial charge is 0.328 e. The third-order valence-electron chi connectivity index (χ3n) is 4.96. The summed E-state index contributed by atoms with van der Waals surface area (Å²) in [6.45, 7) is 0.677. The van der Waals surface area contributed by atoms with Crippen molar-refractivity contribution in [3.05, 3.63) is 94.4 Å². The Morgan fingerprint density at radius 2 is 1.73 bits per heavy atom. The zero-order chi connectivity index (χ0) is 20.5. The molecule has 5 rings (SSSR count). The fourth-order valence-electron chi connectivity index (χ4n) is 3.40. The Labute approximate surface area is 171 Å². The van der Waals surface area contributed by atoms with E-state index in [-0.39, 0.29) is 11.5 Å². The van der Waals surface area contributed by atoms with Crippen LogP contribution in [0.2, 0.25) is 0 Å². The predicted molar refractivity (Wildman–Crippen MR) is 109 cm³/mol. The summed E-state index contributed by atoms with van der Waals surface area (Å²) in [5, 5.41) is 0. The van der Waals surface area contributed by atoms with E-state index in [1.165, 1.54) is 6.20 Å². The van der Waals surface area contributed by atoms with Crippen LogP contribution in [0.4, 0.5) is 0 Å². The number of fused-ring (bicyclic) bond motifs is 1. The van der Waals surface area contributed by atoms with Crippen molar-refractivity contribution in [1.82, 2.24) is 29.8 Å². The smallest absolute Gasteiger partial charge is 0.264 e. The lowest BCUT2D eigenvalue weighted by molar-refractivity contribution is 0.0748. The van der Waals surface area contributed by atoms with Crippen molar-refractivity contribution in [2.45, 2.75) is 13.1 Å². The second kappa shape index (κ2) is 7.32. The van der Waals surface area contributed by atoms with Gasteiger partial charge in [0.2, 0.25) is 0 Å². The van der Waals surface area contributed by atoms with Crippen LogP contribution in [0.5, 0.6) is 0 Å². The minimum atomic E-state index is -0.478. The van der Waals surface area contributed by atoms with E-state index < -0.39 is 5.56 Å². The van der Waals surface area contributed by atoms with Crippen molar-refractivity contribution in [3.8, 4) is 22.8 Å². The van der Waals surface area contributed by atoms with E-state index in [1.807, 2.05) is 30.3 Å². The fraction of sp³-hybridized carbons (Fsp3) is 0.0909. The monoisotopic (exact) mass is 396 g/mol. The Kier molecular flexibility index (Phi) is 4.36. The van der Waals surface area contributed by atoms with Crippen LogP contribution in [0.15, 0.2) is 72.0 Å². The third kappa shape index (κ3) is 3.24. The standard InChI is InChI=1S/C22H16N6O2/c29-21-17(11-25-20(27-21)15-6-8-23-9-7-15)22(30)28-12-16-10-24-19(26-18(16)13-28)14-4-2-1-3-5-14/h1-11H,12-13H2,(H,25,27,29). The van der Waals surface area contributed by atoms with Gasteiger partial charge in [-0.3, -0.25) is 14.6 Å². The van der Waals surface area contributed by atoms with Gasteiger partial charge in [0.05, 0.1) is 12.2 Å². The predicted octanol–water partition coefficient (Wildman–Crippen LogP) is 2.44. The highest BCUT2D eigenvalue weighted by Gasteiger charge is 2.28. The zero-order valence-electron chi connectivity index (χ0n) is 15.8. The lowest BCUT2D eigenvalue weighted by Gasteiger charge is -2.14. The number of nitrogens with zero attached hydrogens (tertiary/aromatic N) is 5. The number of benzene rings is 1. The molecule has 4 heterocycles. The maximum Gasteiger partial charge on any atom is 0.264 e.